The molecular weight excluding hydrogens is 315 g/mol. The molecule has 0 spiro atoms. The number of halogens is 4. The van der Waals surface area contributed by atoms with Crippen LogP contribution < -0.4 is 9.64 Å². The number of esters is 1. The summed E-state index contributed by atoms with van der Waals surface area (Å²) in [5.74, 6) is -2.11. The largest absolute Gasteiger partial charge is 0.573 e. The Morgan fingerprint density at radius 3 is 2.24 bits per heavy atom. The fourth-order valence-corrected chi connectivity index (χ4v) is 1.56. The highest BCUT2D eigenvalue weighted by Crippen LogP contribution is 2.25. The molecule has 0 heterocycles. The van der Waals surface area contributed by atoms with E-state index < -0.39 is 36.4 Å². The Kier molecular flexibility index (Phi) is 5.83. The third kappa shape index (κ3) is 5.50. The number of rotatable bonds is 5. The Hall–Kier alpha value is -1.96. The van der Waals surface area contributed by atoms with Crippen molar-refractivity contribution < 1.29 is 32.2 Å². The maximum absolute atomic E-state index is 12.0. The summed E-state index contributed by atoms with van der Waals surface area (Å²) in [6, 6.07) is 4.45. The van der Waals surface area contributed by atoms with Crippen LogP contribution in [0.15, 0.2) is 24.3 Å². The minimum Gasteiger partial charge on any atom is -0.468 e. The van der Waals surface area contributed by atoms with Gasteiger partial charge in [0.1, 0.15) is 18.2 Å². The van der Waals surface area contributed by atoms with Crippen LogP contribution in [0.2, 0.25) is 0 Å². The van der Waals surface area contributed by atoms with Gasteiger partial charge >= 0.3 is 12.3 Å². The molecule has 1 aromatic rings. The van der Waals surface area contributed by atoms with Crippen LogP contribution in [0.25, 0.3) is 0 Å². The summed E-state index contributed by atoms with van der Waals surface area (Å²) in [4.78, 5) is 23.9. The highest BCUT2D eigenvalue weighted by molar-refractivity contribution is 6.29. The van der Waals surface area contributed by atoms with Crippen molar-refractivity contribution >= 4 is 29.2 Å². The van der Waals surface area contributed by atoms with Gasteiger partial charge in [0, 0.05) is 5.69 Å². The Bertz CT molecular complexity index is 504. The molecule has 0 bridgehead atoms. The normalized spacial score (nSPS) is 10.9. The van der Waals surface area contributed by atoms with Crippen LogP contribution in [0.5, 0.6) is 5.75 Å². The zero-order chi connectivity index (χ0) is 16.0. The molecule has 0 aliphatic heterocycles. The Balaban J connectivity index is 2.93. The van der Waals surface area contributed by atoms with Gasteiger partial charge < -0.3 is 14.4 Å². The number of methoxy groups -OCH3 is 1. The second kappa shape index (κ2) is 7.16. The zero-order valence-electron chi connectivity index (χ0n) is 10.8. The van der Waals surface area contributed by atoms with Crippen molar-refractivity contribution in [2.45, 2.75) is 6.36 Å². The number of carbonyl (C=O) groups excluding carboxylic acids is 2. The average molecular weight is 326 g/mol. The summed E-state index contributed by atoms with van der Waals surface area (Å²) in [5.41, 5.74) is 0.195. The molecule has 0 aliphatic carbocycles. The summed E-state index contributed by atoms with van der Waals surface area (Å²) in [7, 11) is 1.14. The molecule has 116 valence electrons. The lowest BCUT2D eigenvalue weighted by atomic mass is 10.2. The molecule has 0 saturated heterocycles. The fraction of sp³-hybridized carbons (Fsp3) is 0.333. The molecule has 9 heteroatoms. The third-order valence-corrected chi connectivity index (χ3v) is 2.54. The predicted molar refractivity (Wildman–Crippen MR) is 68.2 cm³/mol. The molecule has 21 heavy (non-hydrogen) atoms. The van der Waals surface area contributed by atoms with Gasteiger partial charge in [0.25, 0.3) is 0 Å². The van der Waals surface area contributed by atoms with E-state index in [1.54, 1.807) is 0 Å². The van der Waals surface area contributed by atoms with Crippen molar-refractivity contribution in [2.75, 3.05) is 24.4 Å². The third-order valence-electron chi connectivity index (χ3n) is 2.31. The zero-order valence-corrected chi connectivity index (χ0v) is 11.6. The van der Waals surface area contributed by atoms with Crippen LogP contribution in [0, 0.1) is 0 Å². The smallest absolute Gasteiger partial charge is 0.468 e. The molecule has 0 N–H and O–H groups in total. The first kappa shape index (κ1) is 17.1. The first-order valence-corrected chi connectivity index (χ1v) is 6.09. The second-order valence-electron chi connectivity index (χ2n) is 3.73. The molecule has 1 aromatic carbocycles. The molecule has 0 saturated carbocycles. The number of anilines is 1. The number of hydrogen-bond donors (Lipinski definition) is 0. The lowest BCUT2D eigenvalue weighted by Gasteiger charge is -2.21. The van der Waals surface area contributed by atoms with Crippen molar-refractivity contribution in [3.05, 3.63) is 24.3 Å². The topological polar surface area (TPSA) is 55.8 Å². The summed E-state index contributed by atoms with van der Waals surface area (Å²) in [5, 5.41) is 0. The molecule has 0 atom stereocenters. The van der Waals surface area contributed by atoms with E-state index >= 15 is 0 Å². The van der Waals surface area contributed by atoms with E-state index in [4.69, 9.17) is 11.6 Å². The quantitative estimate of drug-likeness (QED) is 0.616. The number of nitrogens with zero attached hydrogens (tertiary/aromatic N) is 1. The lowest BCUT2D eigenvalue weighted by molar-refractivity contribution is -0.274. The van der Waals surface area contributed by atoms with Gasteiger partial charge in [-0.2, -0.15) is 0 Å². The molecule has 0 unspecified atom stereocenters. The minimum absolute atomic E-state index is 0.195. The van der Waals surface area contributed by atoms with E-state index in [0.717, 1.165) is 24.1 Å². The molecular formula is C12H11ClF3NO4. The summed E-state index contributed by atoms with van der Waals surface area (Å²) in [6.07, 6.45) is -4.81. The van der Waals surface area contributed by atoms with Crippen LogP contribution in [0.1, 0.15) is 0 Å². The molecule has 0 aromatic heterocycles. The highest BCUT2D eigenvalue weighted by atomic mass is 35.5. The number of hydrogen-bond acceptors (Lipinski definition) is 4. The van der Waals surface area contributed by atoms with Crippen LogP contribution in [-0.4, -0.2) is 37.8 Å². The van der Waals surface area contributed by atoms with Crippen molar-refractivity contribution in [2.24, 2.45) is 0 Å². The van der Waals surface area contributed by atoms with E-state index in [1.165, 1.54) is 12.1 Å². The molecule has 0 fully saturated rings. The number of carbonyl (C=O) groups is 2. The first-order valence-electron chi connectivity index (χ1n) is 5.55. The number of amides is 1. The van der Waals surface area contributed by atoms with Crippen molar-refractivity contribution in [3.8, 4) is 5.75 Å². The van der Waals surface area contributed by atoms with Crippen molar-refractivity contribution in [1.29, 1.82) is 0 Å². The molecule has 1 amide bonds. The number of benzene rings is 1. The Morgan fingerprint density at radius 2 is 1.81 bits per heavy atom. The minimum atomic E-state index is -4.81. The number of alkyl halides is 4. The molecule has 1 rings (SSSR count). The van der Waals surface area contributed by atoms with Gasteiger partial charge in [-0.1, -0.05) is 0 Å². The van der Waals surface area contributed by atoms with Gasteiger partial charge in [-0.25, -0.2) is 0 Å². The number of ether oxygens (including phenoxy) is 2. The maximum atomic E-state index is 12.0. The standard InChI is InChI=1S/C12H11ClF3NO4/c1-20-11(19)7-17(10(18)6-13)8-2-4-9(5-3-8)21-12(14,15)16/h2-5H,6-7H2,1H3. The Morgan fingerprint density at radius 1 is 1.24 bits per heavy atom. The van der Waals surface area contributed by atoms with E-state index in [2.05, 4.69) is 9.47 Å². The van der Waals surface area contributed by atoms with E-state index in [-0.39, 0.29) is 5.69 Å². The van der Waals surface area contributed by atoms with Gasteiger partial charge in [-0.15, -0.1) is 24.8 Å². The van der Waals surface area contributed by atoms with Gasteiger partial charge in [-0.05, 0) is 24.3 Å². The van der Waals surface area contributed by atoms with E-state index in [1.807, 2.05) is 0 Å². The van der Waals surface area contributed by atoms with Crippen molar-refractivity contribution in [1.82, 2.24) is 0 Å². The SMILES string of the molecule is COC(=O)CN(C(=O)CCl)c1ccc(OC(F)(F)F)cc1. The van der Waals surface area contributed by atoms with Crippen LogP contribution in [-0.2, 0) is 14.3 Å². The van der Waals surface area contributed by atoms with E-state index in [9.17, 15) is 22.8 Å². The maximum Gasteiger partial charge on any atom is 0.573 e. The summed E-state index contributed by atoms with van der Waals surface area (Å²) < 4.78 is 44.2. The van der Waals surface area contributed by atoms with Crippen LogP contribution in [0.3, 0.4) is 0 Å². The van der Waals surface area contributed by atoms with Gasteiger partial charge in [0.15, 0.2) is 0 Å². The van der Waals surface area contributed by atoms with Gasteiger partial charge in [-0.3, -0.25) is 9.59 Å². The molecule has 0 radical (unpaired) electrons. The fourth-order valence-electron chi connectivity index (χ4n) is 1.42. The van der Waals surface area contributed by atoms with Crippen molar-refractivity contribution in [3.63, 3.8) is 0 Å². The van der Waals surface area contributed by atoms with E-state index in [0.29, 0.717) is 0 Å². The Labute approximate surface area is 123 Å². The molecule has 5 nitrogen and oxygen atoms in total. The average Bonchev–Trinajstić information content (AvgIpc) is 2.43. The highest BCUT2D eigenvalue weighted by Gasteiger charge is 2.31. The summed E-state index contributed by atoms with van der Waals surface area (Å²) in [6.45, 7) is -0.401. The second-order valence-corrected chi connectivity index (χ2v) is 4.00. The summed E-state index contributed by atoms with van der Waals surface area (Å²) >= 11 is 5.42. The van der Waals surface area contributed by atoms with Crippen LogP contribution >= 0.6 is 11.6 Å². The lowest BCUT2D eigenvalue weighted by Crippen LogP contribution is -2.37. The van der Waals surface area contributed by atoms with Crippen LogP contribution in [0.4, 0.5) is 18.9 Å². The van der Waals surface area contributed by atoms with Gasteiger partial charge in [0.2, 0.25) is 5.91 Å². The van der Waals surface area contributed by atoms with Gasteiger partial charge in [0.05, 0.1) is 7.11 Å². The predicted octanol–water partition coefficient (Wildman–Crippen LogP) is 2.33. The first-order chi connectivity index (χ1) is 9.76. The molecule has 0 aliphatic rings. The monoisotopic (exact) mass is 325 g/mol.